The minimum atomic E-state index is -0.0570. The van der Waals surface area contributed by atoms with Crippen molar-refractivity contribution in [1.82, 2.24) is 4.90 Å². The van der Waals surface area contributed by atoms with Gasteiger partial charge in [0.2, 0.25) is 0 Å². The average Bonchev–Trinajstić information content (AvgIpc) is 3.23. The first kappa shape index (κ1) is 17.7. The lowest BCUT2D eigenvalue weighted by Crippen LogP contribution is -2.38. The van der Waals surface area contributed by atoms with Crippen LogP contribution in [0.3, 0.4) is 0 Å². The molecule has 0 atom stereocenters. The van der Waals surface area contributed by atoms with E-state index in [9.17, 15) is 4.79 Å². The van der Waals surface area contributed by atoms with E-state index in [0.717, 1.165) is 11.4 Å². The minimum absolute atomic E-state index is 0.0570. The van der Waals surface area contributed by atoms with Gasteiger partial charge >= 0.3 is 0 Å². The van der Waals surface area contributed by atoms with Gasteiger partial charge in [-0.1, -0.05) is 12.1 Å². The van der Waals surface area contributed by atoms with Gasteiger partial charge < -0.3 is 14.4 Å². The molecule has 0 fully saturated rings. The number of ketones is 1. The SMILES string of the molecule is COc1cc2c(cc1OC)C1=NCCN1C(CC(=O)c1ccc(C#N)cc1)=N2. The number of hydrogen-bond acceptors (Lipinski definition) is 7. The highest BCUT2D eigenvalue weighted by atomic mass is 16.5. The smallest absolute Gasteiger partial charge is 0.170 e. The maximum Gasteiger partial charge on any atom is 0.170 e. The zero-order chi connectivity index (χ0) is 19.7. The van der Waals surface area contributed by atoms with E-state index in [4.69, 9.17) is 19.7 Å². The van der Waals surface area contributed by atoms with Gasteiger partial charge in [0.15, 0.2) is 17.3 Å². The maximum atomic E-state index is 12.8. The highest BCUT2D eigenvalue weighted by Crippen LogP contribution is 2.38. The number of fused-ring (bicyclic) bond motifs is 3. The van der Waals surface area contributed by atoms with Crippen LogP contribution in [0, 0.1) is 11.3 Å². The predicted octanol–water partition coefficient (Wildman–Crippen LogP) is 2.95. The Labute approximate surface area is 162 Å². The Kier molecular flexibility index (Phi) is 4.53. The van der Waals surface area contributed by atoms with Gasteiger partial charge in [-0.05, 0) is 18.2 Å². The molecule has 2 heterocycles. The molecule has 7 nitrogen and oxygen atoms in total. The van der Waals surface area contributed by atoms with Gasteiger partial charge in [0.1, 0.15) is 11.7 Å². The van der Waals surface area contributed by atoms with Crippen molar-refractivity contribution in [2.75, 3.05) is 27.3 Å². The summed E-state index contributed by atoms with van der Waals surface area (Å²) < 4.78 is 10.8. The Balaban J connectivity index is 1.69. The molecular weight excluding hydrogens is 356 g/mol. The van der Waals surface area contributed by atoms with E-state index in [1.165, 1.54) is 0 Å². The predicted molar refractivity (Wildman–Crippen MR) is 105 cm³/mol. The number of amidine groups is 2. The lowest BCUT2D eigenvalue weighted by Gasteiger charge is -2.28. The van der Waals surface area contributed by atoms with Crippen LogP contribution in [0.1, 0.15) is 27.9 Å². The maximum absolute atomic E-state index is 12.8. The van der Waals surface area contributed by atoms with Crippen molar-refractivity contribution in [3.05, 3.63) is 53.1 Å². The topological polar surface area (TPSA) is 87.3 Å². The highest BCUT2D eigenvalue weighted by molar-refractivity contribution is 6.21. The van der Waals surface area contributed by atoms with E-state index in [-0.39, 0.29) is 12.2 Å². The van der Waals surface area contributed by atoms with Crippen molar-refractivity contribution in [2.45, 2.75) is 6.42 Å². The van der Waals surface area contributed by atoms with Crippen molar-refractivity contribution < 1.29 is 14.3 Å². The number of nitrogens with zero attached hydrogens (tertiary/aromatic N) is 4. The average molecular weight is 374 g/mol. The monoisotopic (exact) mass is 374 g/mol. The van der Waals surface area contributed by atoms with Crippen LogP contribution in [0.25, 0.3) is 0 Å². The van der Waals surface area contributed by atoms with Gasteiger partial charge in [0.05, 0.1) is 44.5 Å². The van der Waals surface area contributed by atoms with Gasteiger partial charge in [-0.2, -0.15) is 5.26 Å². The summed E-state index contributed by atoms with van der Waals surface area (Å²) in [6.45, 7) is 1.33. The molecule has 0 unspecified atom stereocenters. The molecule has 2 aliphatic heterocycles. The van der Waals surface area contributed by atoms with Crippen molar-refractivity contribution in [3.63, 3.8) is 0 Å². The highest BCUT2D eigenvalue weighted by Gasteiger charge is 2.31. The summed E-state index contributed by atoms with van der Waals surface area (Å²) in [5.74, 6) is 2.59. The van der Waals surface area contributed by atoms with Gasteiger partial charge in [-0.3, -0.25) is 9.79 Å². The van der Waals surface area contributed by atoms with Crippen LogP contribution >= 0.6 is 0 Å². The Hall–Kier alpha value is -3.66. The zero-order valence-corrected chi connectivity index (χ0v) is 15.6. The number of methoxy groups -OCH3 is 2. The summed E-state index contributed by atoms with van der Waals surface area (Å²) in [4.78, 5) is 24.1. The third kappa shape index (κ3) is 2.99. The van der Waals surface area contributed by atoms with Crippen LogP contribution in [0.4, 0.5) is 5.69 Å². The van der Waals surface area contributed by atoms with Gasteiger partial charge in [-0.25, -0.2) is 4.99 Å². The van der Waals surface area contributed by atoms with Crippen molar-refractivity contribution >= 4 is 23.1 Å². The number of aliphatic imine (C=N–C) groups is 2. The Morgan fingerprint density at radius 2 is 1.89 bits per heavy atom. The fourth-order valence-electron chi connectivity index (χ4n) is 3.38. The molecule has 2 aromatic rings. The Morgan fingerprint density at radius 3 is 2.57 bits per heavy atom. The largest absolute Gasteiger partial charge is 0.493 e. The van der Waals surface area contributed by atoms with Crippen LogP contribution in [-0.2, 0) is 0 Å². The molecule has 28 heavy (non-hydrogen) atoms. The van der Waals surface area contributed by atoms with E-state index in [2.05, 4.69) is 11.1 Å². The number of benzene rings is 2. The molecule has 0 N–H and O–H groups in total. The molecule has 0 saturated heterocycles. The van der Waals surface area contributed by atoms with Crippen LogP contribution in [0.15, 0.2) is 46.4 Å². The standard InChI is InChI=1S/C21H18N4O3/c1-27-18-9-15-16(10-19(18)28-2)24-20(25-8-7-23-21(15)25)11-17(26)14-5-3-13(12-22)4-6-14/h3-6,9-10H,7-8,11H2,1-2H3. The number of carbonyl (C=O) groups is 1. The molecule has 140 valence electrons. The third-order valence-electron chi connectivity index (χ3n) is 4.80. The molecule has 7 heteroatoms. The van der Waals surface area contributed by atoms with Crippen molar-refractivity contribution in [3.8, 4) is 17.6 Å². The normalized spacial score (nSPS) is 14.4. The molecule has 0 aromatic heterocycles. The molecule has 0 saturated carbocycles. The van der Waals surface area contributed by atoms with Crippen LogP contribution in [0.5, 0.6) is 11.5 Å². The molecule has 0 aliphatic carbocycles. The second kappa shape index (κ2) is 7.16. The first-order valence-electron chi connectivity index (χ1n) is 8.84. The fraction of sp³-hybridized carbons (Fsp3) is 0.238. The summed E-state index contributed by atoms with van der Waals surface area (Å²) in [5, 5.41) is 8.91. The Bertz CT molecular complexity index is 1050. The Morgan fingerprint density at radius 1 is 1.18 bits per heavy atom. The van der Waals surface area contributed by atoms with Gasteiger partial charge in [0, 0.05) is 23.7 Å². The first-order valence-corrected chi connectivity index (χ1v) is 8.84. The van der Waals surface area contributed by atoms with Crippen LogP contribution in [0.2, 0.25) is 0 Å². The van der Waals surface area contributed by atoms with E-state index in [1.54, 1.807) is 44.6 Å². The molecule has 4 rings (SSSR count). The number of hydrogen-bond donors (Lipinski definition) is 0. The second-order valence-corrected chi connectivity index (χ2v) is 6.40. The molecule has 0 bridgehead atoms. The molecular formula is C21H18N4O3. The quantitative estimate of drug-likeness (QED) is 0.751. The molecule has 2 aliphatic rings. The second-order valence-electron chi connectivity index (χ2n) is 6.40. The van der Waals surface area contributed by atoms with Crippen LogP contribution in [-0.4, -0.2) is 49.7 Å². The van der Waals surface area contributed by atoms with E-state index < -0.39 is 0 Å². The molecule has 0 spiro atoms. The number of nitriles is 1. The van der Waals surface area contributed by atoms with Crippen LogP contribution < -0.4 is 9.47 Å². The minimum Gasteiger partial charge on any atom is -0.493 e. The van der Waals surface area contributed by atoms with E-state index >= 15 is 0 Å². The van der Waals surface area contributed by atoms with E-state index in [1.807, 2.05) is 11.0 Å². The fourth-order valence-corrected chi connectivity index (χ4v) is 3.38. The van der Waals surface area contributed by atoms with Crippen molar-refractivity contribution in [2.24, 2.45) is 9.98 Å². The summed E-state index contributed by atoms with van der Waals surface area (Å²) >= 11 is 0. The van der Waals surface area contributed by atoms with Gasteiger partial charge in [-0.15, -0.1) is 0 Å². The molecule has 0 radical (unpaired) electrons. The molecule has 2 aromatic carbocycles. The lowest BCUT2D eigenvalue weighted by atomic mass is 10.0. The number of carbonyl (C=O) groups excluding carboxylic acids is 1. The zero-order valence-electron chi connectivity index (χ0n) is 15.6. The number of rotatable bonds is 5. The summed E-state index contributed by atoms with van der Waals surface area (Å²) in [6.07, 6.45) is 0.151. The third-order valence-corrected chi connectivity index (χ3v) is 4.80. The number of Topliss-reactive ketones (excluding diaryl/α,β-unsaturated/α-hetero) is 1. The van der Waals surface area contributed by atoms with Crippen molar-refractivity contribution in [1.29, 1.82) is 5.26 Å². The summed E-state index contributed by atoms with van der Waals surface area (Å²) in [7, 11) is 3.16. The van der Waals surface area contributed by atoms with E-state index in [0.29, 0.717) is 47.2 Å². The first-order chi connectivity index (χ1) is 13.6. The summed E-state index contributed by atoms with van der Waals surface area (Å²) in [6, 6.07) is 12.4. The lowest BCUT2D eigenvalue weighted by molar-refractivity contribution is 0.0998. The summed E-state index contributed by atoms with van der Waals surface area (Å²) in [5.41, 5.74) is 2.65. The van der Waals surface area contributed by atoms with Gasteiger partial charge in [0.25, 0.3) is 0 Å². The number of ether oxygens (including phenoxy) is 2. The molecule has 0 amide bonds.